The predicted octanol–water partition coefficient (Wildman–Crippen LogP) is 1.24. The van der Waals surface area contributed by atoms with Gasteiger partial charge in [-0.05, 0) is 12.1 Å². The number of halogens is 1. The summed E-state index contributed by atoms with van der Waals surface area (Å²) in [7, 11) is -3.47. The Morgan fingerprint density at radius 2 is 2.24 bits per heavy atom. The largest absolute Gasteiger partial charge is 0.324 e. The summed E-state index contributed by atoms with van der Waals surface area (Å²) in [5.41, 5.74) is 0.595. The Hall–Kier alpha value is -1.08. The van der Waals surface area contributed by atoms with E-state index < -0.39 is 10.0 Å². The molecule has 5 nitrogen and oxygen atoms in total. The van der Waals surface area contributed by atoms with Gasteiger partial charge >= 0.3 is 0 Å². The molecule has 0 spiro atoms. The average Bonchev–Trinajstić information content (AvgIpc) is 2.73. The molecule has 1 unspecified atom stereocenters. The number of rotatable bonds is 1. The maximum Gasteiger partial charge on any atom is 0.269 e. The minimum Gasteiger partial charge on any atom is -0.324 e. The van der Waals surface area contributed by atoms with Crippen LogP contribution in [0.3, 0.4) is 0 Å². The molecule has 17 heavy (non-hydrogen) atoms. The molecule has 3 rings (SSSR count). The van der Waals surface area contributed by atoms with Crippen LogP contribution in [0, 0.1) is 0 Å². The van der Waals surface area contributed by atoms with Crippen LogP contribution in [-0.4, -0.2) is 36.6 Å². The molecule has 1 atom stereocenters. The van der Waals surface area contributed by atoms with Crippen LogP contribution in [0.25, 0.3) is 0 Å². The molecule has 2 heterocycles. The number of benzene rings is 1. The molecule has 1 aromatic rings. The van der Waals surface area contributed by atoms with Gasteiger partial charge in [-0.25, -0.2) is 17.7 Å². The molecule has 7 heteroatoms. The zero-order valence-corrected chi connectivity index (χ0v) is 11.2. The number of nitrogens with one attached hydrogen (secondary N) is 1. The molecule has 1 aromatic carbocycles. The summed E-state index contributed by atoms with van der Waals surface area (Å²) >= 11 is 3.32. The van der Waals surface area contributed by atoms with Crippen LogP contribution in [0.2, 0.25) is 0 Å². The number of alkyl halides is 1. The van der Waals surface area contributed by atoms with Gasteiger partial charge in [0.15, 0.2) is 0 Å². The van der Waals surface area contributed by atoms with Crippen molar-refractivity contribution in [1.82, 2.24) is 4.31 Å². The van der Waals surface area contributed by atoms with E-state index in [-0.39, 0.29) is 6.04 Å². The first-order valence-electron chi connectivity index (χ1n) is 5.15. The van der Waals surface area contributed by atoms with Crippen LogP contribution in [0.15, 0.2) is 34.2 Å². The first-order chi connectivity index (χ1) is 8.14. The summed E-state index contributed by atoms with van der Waals surface area (Å²) in [4.78, 5) is 4.54. The Kier molecular flexibility index (Phi) is 2.41. The van der Waals surface area contributed by atoms with E-state index >= 15 is 0 Å². The molecule has 2 aliphatic heterocycles. The van der Waals surface area contributed by atoms with Gasteiger partial charge in [0.2, 0.25) is 5.96 Å². The van der Waals surface area contributed by atoms with Crippen molar-refractivity contribution in [2.75, 3.05) is 17.2 Å². The van der Waals surface area contributed by atoms with Crippen LogP contribution in [0.5, 0.6) is 0 Å². The molecule has 2 aliphatic rings. The monoisotopic (exact) mass is 315 g/mol. The SMILES string of the molecule is O=S1(=O)c2ccccc2NC2=NCC(CBr)N21. The lowest BCUT2D eigenvalue weighted by atomic mass is 10.3. The third-order valence-electron chi connectivity index (χ3n) is 2.84. The zero-order chi connectivity index (χ0) is 12.0. The molecule has 0 amide bonds. The van der Waals surface area contributed by atoms with Crippen molar-refractivity contribution in [3.8, 4) is 0 Å². The highest BCUT2D eigenvalue weighted by Gasteiger charge is 2.42. The van der Waals surface area contributed by atoms with Gasteiger partial charge in [-0.15, -0.1) is 0 Å². The normalized spacial score (nSPS) is 24.6. The van der Waals surface area contributed by atoms with Gasteiger partial charge < -0.3 is 5.32 Å². The minimum atomic E-state index is -3.47. The summed E-state index contributed by atoms with van der Waals surface area (Å²) in [6, 6.07) is 6.73. The van der Waals surface area contributed by atoms with Gasteiger partial charge in [0.05, 0.1) is 18.3 Å². The molecule has 0 bridgehead atoms. The quantitative estimate of drug-likeness (QED) is 0.793. The first kappa shape index (κ1) is 11.0. The molecule has 0 saturated heterocycles. The van der Waals surface area contributed by atoms with E-state index in [4.69, 9.17) is 0 Å². The summed E-state index contributed by atoms with van der Waals surface area (Å²) < 4.78 is 26.2. The van der Waals surface area contributed by atoms with E-state index in [1.807, 2.05) is 0 Å². The van der Waals surface area contributed by atoms with Gasteiger partial charge in [0, 0.05) is 5.33 Å². The molecule has 0 radical (unpaired) electrons. The number of para-hydroxylation sites is 1. The standard InChI is InChI=1S/C10H10BrN3O2S/c11-5-7-6-12-10-13-8-3-1-2-4-9(8)17(15,16)14(7)10/h1-4,7H,5-6H2,(H,12,13). The highest BCUT2D eigenvalue weighted by atomic mass is 79.9. The van der Waals surface area contributed by atoms with Crippen LogP contribution in [0.4, 0.5) is 5.69 Å². The predicted molar refractivity (Wildman–Crippen MR) is 69.0 cm³/mol. The number of fused-ring (bicyclic) bond motifs is 2. The first-order valence-corrected chi connectivity index (χ1v) is 7.71. The molecular weight excluding hydrogens is 306 g/mol. The van der Waals surface area contributed by atoms with Crippen LogP contribution < -0.4 is 5.32 Å². The second-order valence-corrected chi connectivity index (χ2v) is 6.33. The van der Waals surface area contributed by atoms with Gasteiger partial charge in [0.1, 0.15) is 4.90 Å². The smallest absolute Gasteiger partial charge is 0.269 e. The fraction of sp³-hybridized carbons (Fsp3) is 0.300. The fourth-order valence-corrected chi connectivity index (χ4v) is 4.46. The lowest BCUT2D eigenvalue weighted by Crippen LogP contribution is -2.48. The number of guanidine groups is 1. The molecule has 1 N–H and O–H groups in total. The molecular formula is C10H10BrN3O2S. The Morgan fingerprint density at radius 1 is 1.47 bits per heavy atom. The Morgan fingerprint density at radius 3 is 3.00 bits per heavy atom. The van der Waals surface area contributed by atoms with E-state index in [2.05, 4.69) is 26.2 Å². The van der Waals surface area contributed by atoms with Gasteiger partial charge in [-0.2, -0.15) is 0 Å². The Labute approximate surface area is 108 Å². The average molecular weight is 316 g/mol. The van der Waals surface area contributed by atoms with Crippen LogP contribution >= 0.6 is 15.9 Å². The van der Waals surface area contributed by atoms with Crippen molar-refractivity contribution in [3.63, 3.8) is 0 Å². The third kappa shape index (κ3) is 1.49. The van der Waals surface area contributed by atoms with Crippen molar-refractivity contribution in [2.45, 2.75) is 10.9 Å². The second kappa shape index (κ2) is 3.71. The van der Waals surface area contributed by atoms with E-state index in [0.29, 0.717) is 28.4 Å². The van der Waals surface area contributed by atoms with Gasteiger partial charge in [0.25, 0.3) is 10.0 Å². The Balaban J connectivity index is 2.19. The number of sulfonamides is 1. The van der Waals surface area contributed by atoms with Crippen LogP contribution in [0.1, 0.15) is 0 Å². The zero-order valence-electron chi connectivity index (χ0n) is 8.80. The molecule has 0 saturated carbocycles. The fourth-order valence-electron chi connectivity index (χ4n) is 2.05. The van der Waals surface area contributed by atoms with E-state index in [1.165, 1.54) is 4.31 Å². The summed E-state index contributed by atoms with van der Waals surface area (Å²) in [6.45, 7) is 0.487. The topological polar surface area (TPSA) is 61.8 Å². The number of hydrogen-bond donors (Lipinski definition) is 1. The lowest BCUT2D eigenvalue weighted by Gasteiger charge is -2.31. The van der Waals surface area contributed by atoms with Crippen molar-refractivity contribution in [2.24, 2.45) is 4.99 Å². The van der Waals surface area contributed by atoms with E-state index in [1.54, 1.807) is 24.3 Å². The molecule has 0 fully saturated rings. The number of aliphatic imine (C=N–C) groups is 1. The number of nitrogens with zero attached hydrogens (tertiary/aromatic N) is 2. The highest BCUT2D eigenvalue weighted by molar-refractivity contribution is 9.09. The highest BCUT2D eigenvalue weighted by Crippen LogP contribution is 2.33. The van der Waals surface area contributed by atoms with Crippen LogP contribution in [-0.2, 0) is 10.0 Å². The maximum atomic E-state index is 12.4. The minimum absolute atomic E-state index is 0.143. The molecule has 0 aliphatic carbocycles. The summed E-state index contributed by atoms with van der Waals surface area (Å²) in [5.74, 6) is 0.424. The van der Waals surface area contributed by atoms with E-state index in [9.17, 15) is 8.42 Å². The molecule has 0 aromatic heterocycles. The third-order valence-corrected chi connectivity index (χ3v) is 5.49. The van der Waals surface area contributed by atoms with Crippen molar-refractivity contribution in [1.29, 1.82) is 0 Å². The summed E-state index contributed by atoms with van der Waals surface area (Å²) in [6.07, 6.45) is 0. The summed E-state index contributed by atoms with van der Waals surface area (Å²) in [5, 5.41) is 3.63. The van der Waals surface area contributed by atoms with Gasteiger partial charge in [-0.3, -0.25) is 0 Å². The molecule has 90 valence electrons. The Bertz CT molecular complexity index is 599. The maximum absolute atomic E-state index is 12.4. The van der Waals surface area contributed by atoms with E-state index in [0.717, 1.165) is 0 Å². The lowest BCUT2D eigenvalue weighted by molar-refractivity contribution is 0.482. The second-order valence-electron chi connectivity index (χ2n) is 3.89. The van der Waals surface area contributed by atoms with Crippen molar-refractivity contribution < 1.29 is 8.42 Å². The van der Waals surface area contributed by atoms with Crippen molar-refractivity contribution >= 4 is 37.6 Å². The number of anilines is 1. The number of hydrogen-bond acceptors (Lipinski definition) is 4. The van der Waals surface area contributed by atoms with Gasteiger partial charge in [-0.1, -0.05) is 28.1 Å². The van der Waals surface area contributed by atoms with Crippen molar-refractivity contribution in [3.05, 3.63) is 24.3 Å².